The fourth-order valence-corrected chi connectivity index (χ4v) is 2.99. The van der Waals surface area contributed by atoms with Crippen LogP contribution in [0.25, 0.3) is 0 Å². The molecular formula is C19H29N3O2. The minimum absolute atomic E-state index is 0.00842. The lowest BCUT2D eigenvalue weighted by atomic mass is 10.1. The molecule has 0 aromatic heterocycles. The van der Waals surface area contributed by atoms with E-state index in [0.29, 0.717) is 26.1 Å². The van der Waals surface area contributed by atoms with Crippen molar-refractivity contribution >= 4 is 11.9 Å². The average molecular weight is 331 g/mol. The van der Waals surface area contributed by atoms with Crippen molar-refractivity contribution in [3.8, 4) is 0 Å². The van der Waals surface area contributed by atoms with Crippen molar-refractivity contribution in [3.05, 3.63) is 35.4 Å². The summed E-state index contributed by atoms with van der Waals surface area (Å²) in [4.78, 5) is 28.2. The lowest BCUT2D eigenvalue weighted by Gasteiger charge is -2.22. The maximum absolute atomic E-state index is 12.5. The van der Waals surface area contributed by atoms with Gasteiger partial charge < -0.3 is 15.1 Å². The monoisotopic (exact) mass is 331 g/mol. The van der Waals surface area contributed by atoms with Gasteiger partial charge in [0, 0.05) is 39.1 Å². The van der Waals surface area contributed by atoms with Crippen molar-refractivity contribution in [3.63, 3.8) is 0 Å². The first kappa shape index (κ1) is 18.3. The van der Waals surface area contributed by atoms with E-state index in [9.17, 15) is 9.59 Å². The quantitative estimate of drug-likeness (QED) is 0.901. The number of aryl methyl sites for hydroxylation is 2. The molecule has 5 heteroatoms. The molecule has 0 radical (unpaired) electrons. The van der Waals surface area contributed by atoms with Gasteiger partial charge in [0.15, 0.2) is 0 Å². The average Bonchev–Trinajstić information content (AvgIpc) is 2.84. The maximum Gasteiger partial charge on any atom is 0.317 e. The second-order valence-corrected chi connectivity index (χ2v) is 6.44. The fraction of sp³-hybridized carbons (Fsp3) is 0.579. The summed E-state index contributed by atoms with van der Waals surface area (Å²) in [6.45, 7) is 7.52. The van der Waals surface area contributed by atoms with Gasteiger partial charge in [0.05, 0.1) is 0 Å². The first-order chi connectivity index (χ1) is 11.6. The molecule has 1 N–H and O–H groups in total. The van der Waals surface area contributed by atoms with Crippen LogP contribution in [-0.2, 0) is 11.2 Å². The summed E-state index contributed by atoms with van der Waals surface area (Å²) in [6.07, 6.45) is 3.09. The number of nitrogens with zero attached hydrogens (tertiary/aromatic N) is 2. The Balaban J connectivity index is 1.80. The molecule has 1 aromatic rings. The zero-order valence-electron chi connectivity index (χ0n) is 14.9. The molecule has 1 aliphatic heterocycles. The van der Waals surface area contributed by atoms with Crippen LogP contribution >= 0.6 is 0 Å². The molecule has 1 heterocycles. The van der Waals surface area contributed by atoms with Gasteiger partial charge in [-0.1, -0.05) is 36.8 Å². The van der Waals surface area contributed by atoms with E-state index in [0.717, 1.165) is 32.4 Å². The summed E-state index contributed by atoms with van der Waals surface area (Å²) in [5.74, 6) is 0.187. The molecule has 0 spiro atoms. The second-order valence-electron chi connectivity index (χ2n) is 6.44. The summed E-state index contributed by atoms with van der Waals surface area (Å²) >= 11 is 0. The molecule has 1 saturated heterocycles. The zero-order chi connectivity index (χ0) is 17.4. The molecular weight excluding hydrogens is 302 g/mol. The Kier molecular flexibility index (Phi) is 7.09. The molecule has 2 rings (SSSR count). The van der Waals surface area contributed by atoms with Gasteiger partial charge in [0.25, 0.3) is 0 Å². The molecule has 5 nitrogen and oxygen atoms in total. The SMILES string of the molecule is CCCNC(=O)N1CCCN(C(=O)CCc2cccc(C)c2)CC1. The second kappa shape index (κ2) is 9.30. The highest BCUT2D eigenvalue weighted by molar-refractivity contribution is 5.77. The van der Waals surface area contributed by atoms with Crippen molar-refractivity contribution in [2.24, 2.45) is 0 Å². The van der Waals surface area contributed by atoms with Gasteiger partial charge in [-0.15, -0.1) is 0 Å². The molecule has 0 unspecified atom stereocenters. The van der Waals surface area contributed by atoms with E-state index < -0.39 is 0 Å². The number of rotatable bonds is 5. The smallest absolute Gasteiger partial charge is 0.317 e. The molecule has 3 amide bonds. The Bertz CT molecular complexity index is 559. The van der Waals surface area contributed by atoms with Crippen molar-refractivity contribution in [2.75, 3.05) is 32.7 Å². The summed E-state index contributed by atoms with van der Waals surface area (Å²) in [7, 11) is 0. The Hall–Kier alpha value is -2.04. The highest BCUT2D eigenvalue weighted by Gasteiger charge is 2.21. The summed E-state index contributed by atoms with van der Waals surface area (Å²) in [5, 5.41) is 2.91. The number of benzene rings is 1. The highest BCUT2D eigenvalue weighted by atomic mass is 16.2. The van der Waals surface area contributed by atoms with E-state index in [4.69, 9.17) is 0 Å². The van der Waals surface area contributed by atoms with E-state index in [-0.39, 0.29) is 11.9 Å². The van der Waals surface area contributed by atoms with Gasteiger partial charge in [-0.3, -0.25) is 4.79 Å². The van der Waals surface area contributed by atoms with E-state index in [1.165, 1.54) is 11.1 Å². The topological polar surface area (TPSA) is 52.7 Å². The van der Waals surface area contributed by atoms with Gasteiger partial charge >= 0.3 is 6.03 Å². The van der Waals surface area contributed by atoms with Crippen LogP contribution in [0.4, 0.5) is 4.79 Å². The molecule has 0 atom stereocenters. The lowest BCUT2D eigenvalue weighted by molar-refractivity contribution is -0.131. The Morgan fingerprint density at radius 1 is 1.12 bits per heavy atom. The molecule has 0 aliphatic carbocycles. The summed E-state index contributed by atoms with van der Waals surface area (Å²) < 4.78 is 0. The molecule has 24 heavy (non-hydrogen) atoms. The number of hydrogen-bond donors (Lipinski definition) is 1. The van der Waals surface area contributed by atoms with Crippen molar-refractivity contribution in [2.45, 2.75) is 39.5 Å². The first-order valence-corrected chi connectivity index (χ1v) is 8.96. The van der Waals surface area contributed by atoms with E-state index in [2.05, 4.69) is 30.4 Å². The van der Waals surface area contributed by atoms with E-state index >= 15 is 0 Å². The number of nitrogens with one attached hydrogen (secondary N) is 1. The zero-order valence-corrected chi connectivity index (χ0v) is 14.9. The molecule has 1 aliphatic rings. The molecule has 132 valence electrons. The van der Waals surface area contributed by atoms with Crippen LogP contribution in [0.1, 0.15) is 37.3 Å². The normalized spacial score (nSPS) is 15.1. The van der Waals surface area contributed by atoms with Crippen molar-refractivity contribution in [1.82, 2.24) is 15.1 Å². The van der Waals surface area contributed by atoms with Crippen LogP contribution in [-0.4, -0.2) is 54.5 Å². The van der Waals surface area contributed by atoms with Crippen molar-refractivity contribution in [1.29, 1.82) is 0 Å². The van der Waals surface area contributed by atoms with E-state index in [1.807, 2.05) is 22.8 Å². The summed E-state index contributed by atoms with van der Waals surface area (Å²) in [5.41, 5.74) is 2.43. The predicted octanol–water partition coefficient (Wildman–Crippen LogP) is 2.58. The number of hydrogen-bond acceptors (Lipinski definition) is 2. The van der Waals surface area contributed by atoms with E-state index in [1.54, 1.807) is 0 Å². The van der Waals surface area contributed by atoms with Gasteiger partial charge in [0.2, 0.25) is 5.91 Å². The van der Waals surface area contributed by atoms with Crippen molar-refractivity contribution < 1.29 is 9.59 Å². The van der Waals surface area contributed by atoms with Crippen LogP contribution in [0.5, 0.6) is 0 Å². The molecule has 1 aromatic carbocycles. The number of urea groups is 1. The number of carbonyl (C=O) groups is 2. The lowest BCUT2D eigenvalue weighted by Crippen LogP contribution is -2.42. The standard InChI is InChI=1S/C19H29N3O2/c1-3-10-20-19(24)22-12-5-11-21(13-14-22)18(23)9-8-17-7-4-6-16(2)15-17/h4,6-7,15H,3,5,8-14H2,1-2H3,(H,20,24). The van der Waals surface area contributed by atoms with Crippen LogP contribution < -0.4 is 5.32 Å². The third-order valence-electron chi connectivity index (χ3n) is 4.37. The third kappa shape index (κ3) is 5.55. The van der Waals surface area contributed by atoms with Gasteiger partial charge in [-0.05, 0) is 31.7 Å². The molecule has 0 saturated carbocycles. The van der Waals surface area contributed by atoms with Crippen LogP contribution in [0.15, 0.2) is 24.3 Å². The van der Waals surface area contributed by atoms with Crippen LogP contribution in [0.2, 0.25) is 0 Å². The number of carbonyl (C=O) groups excluding carboxylic acids is 2. The minimum Gasteiger partial charge on any atom is -0.341 e. The fourth-order valence-electron chi connectivity index (χ4n) is 2.99. The first-order valence-electron chi connectivity index (χ1n) is 8.96. The predicted molar refractivity (Wildman–Crippen MR) is 96.0 cm³/mol. The molecule has 0 bridgehead atoms. The highest BCUT2D eigenvalue weighted by Crippen LogP contribution is 2.10. The molecule has 1 fully saturated rings. The van der Waals surface area contributed by atoms with Crippen LogP contribution in [0.3, 0.4) is 0 Å². The van der Waals surface area contributed by atoms with Crippen LogP contribution in [0, 0.1) is 6.92 Å². The Morgan fingerprint density at radius 3 is 2.62 bits per heavy atom. The number of amides is 3. The van der Waals surface area contributed by atoms with Gasteiger partial charge in [-0.25, -0.2) is 4.79 Å². The third-order valence-corrected chi connectivity index (χ3v) is 4.37. The summed E-state index contributed by atoms with van der Waals surface area (Å²) in [6, 6.07) is 8.30. The Morgan fingerprint density at radius 2 is 1.88 bits per heavy atom. The van der Waals surface area contributed by atoms with Gasteiger partial charge in [0.1, 0.15) is 0 Å². The minimum atomic E-state index is -0.00842. The largest absolute Gasteiger partial charge is 0.341 e. The Labute approximate surface area is 145 Å². The van der Waals surface area contributed by atoms with Gasteiger partial charge in [-0.2, -0.15) is 0 Å². The maximum atomic E-state index is 12.5.